The van der Waals surface area contributed by atoms with Gasteiger partial charge in [0.25, 0.3) is 0 Å². The number of hydrogen-bond acceptors (Lipinski definition) is 3. The molecule has 108 valence electrons. The molecular weight excluding hydrogens is 268 g/mol. The van der Waals surface area contributed by atoms with E-state index in [2.05, 4.69) is 0 Å². The molecule has 6 heteroatoms. The summed E-state index contributed by atoms with van der Waals surface area (Å²) >= 11 is 0. The molecule has 1 saturated heterocycles. The van der Waals surface area contributed by atoms with Crippen molar-refractivity contribution in [2.75, 3.05) is 18.1 Å². The molecule has 1 aliphatic heterocycles. The summed E-state index contributed by atoms with van der Waals surface area (Å²) in [5.41, 5.74) is -0.504. The molecule has 1 aliphatic carbocycles. The van der Waals surface area contributed by atoms with E-state index in [1.807, 2.05) is 4.90 Å². The fourth-order valence-corrected chi connectivity index (χ4v) is 3.15. The summed E-state index contributed by atoms with van der Waals surface area (Å²) in [7, 11) is 0. The Morgan fingerprint density at radius 1 is 1.30 bits per heavy atom. The Hall–Kier alpha value is -1.69. The topological polar surface area (TPSA) is 49.8 Å². The molecule has 0 amide bonds. The summed E-state index contributed by atoms with van der Waals surface area (Å²) in [6.07, 6.45) is 2.87. The average molecular weight is 283 g/mol. The third kappa shape index (κ3) is 2.04. The maximum absolute atomic E-state index is 14.1. The van der Waals surface area contributed by atoms with E-state index in [-0.39, 0.29) is 17.8 Å². The lowest BCUT2D eigenvalue weighted by Crippen LogP contribution is -2.49. The van der Waals surface area contributed by atoms with Crippen molar-refractivity contribution in [1.82, 2.24) is 0 Å². The van der Waals surface area contributed by atoms with Crippen molar-refractivity contribution >= 4 is 11.7 Å². The van der Waals surface area contributed by atoms with Gasteiger partial charge in [-0.1, -0.05) is 0 Å². The van der Waals surface area contributed by atoms with Crippen LogP contribution in [0.5, 0.6) is 0 Å². The van der Waals surface area contributed by atoms with Crippen LogP contribution in [0.25, 0.3) is 0 Å². The highest BCUT2D eigenvalue weighted by Gasteiger charge is 2.37. The Kier molecular flexibility index (Phi) is 3.33. The van der Waals surface area contributed by atoms with Gasteiger partial charge in [-0.05, 0) is 31.4 Å². The zero-order chi connectivity index (χ0) is 14.3. The second kappa shape index (κ2) is 5.01. The maximum Gasteiger partial charge on any atom is 0.338 e. The largest absolute Gasteiger partial charge is 0.478 e. The fourth-order valence-electron chi connectivity index (χ4n) is 3.15. The summed E-state index contributed by atoms with van der Waals surface area (Å²) in [5.74, 6) is -3.85. The lowest BCUT2D eigenvalue weighted by molar-refractivity contribution is 0.0253. The normalized spacial score (nSPS) is 25.6. The molecule has 1 aromatic rings. The van der Waals surface area contributed by atoms with Gasteiger partial charge in [0.05, 0.1) is 30.0 Å². The number of carboxylic acid groups (broad SMARTS) is 1. The lowest BCUT2D eigenvalue weighted by Gasteiger charge is -2.39. The Morgan fingerprint density at radius 2 is 2.10 bits per heavy atom. The highest BCUT2D eigenvalue weighted by Crippen LogP contribution is 2.35. The summed E-state index contributed by atoms with van der Waals surface area (Å²) in [5, 5.41) is 8.80. The van der Waals surface area contributed by atoms with E-state index in [9.17, 15) is 13.6 Å². The minimum Gasteiger partial charge on any atom is -0.478 e. The summed E-state index contributed by atoms with van der Waals surface area (Å²) in [4.78, 5) is 12.6. The Bertz CT molecular complexity index is 549. The first kappa shape index (κ1) is 13.3. The number of aromatic carboxylic acids is 1. The van der Waals surface area contributed by atoms with Crippen LogP contribution in [0, 0.1) is 11.6 Å². The summed E-state index contributed by atoms with van der Waals surface area (Å²) in [6.45, 7) is 0.965. The van der Waals surface area contributed by atoms with Crippen molar-refractivity contribution in [3.05, 3.63) is 29.3 Å². The zero-order valence-corrected chi connectivity index (χ0v) is 10.8. The van der Waals surface area contributed by atoms with Gasteiger partial charge in [0.15, 0.2) is 11.6 Å². The molecule has 1 aromatic carbocycles. The van der Waals surface area contributed by atoms with Crippen LogP contribution in [0.4, 0.5) is 14.5 Å². The molecule has 0 aromatic heterocycles. The van der Waals surface area contributed by atoms with Crippen LogP contribution in [0.3, 0.4) is 0 Å². The Morgan fingerprint density at radius 3 is 2.85 bits per heavy atom. The van der Waals surface area contributed by atoms with Crippen molar-refractivity contribution in [2.45, 2.75) is 31.4 Å². The molecule has 2 aliphatic rings. The summed E-state index contributed by atoms with van der Waals surface area (Å²) < 4.78 is 33.6. The molecule has 0 bridgehead atoms. The van der Waals surface area contributed by atoms with Crippen LogP contribution < -0.4 is 4.90 Å². The van der Waals surface area contributed by atoms with Crippen molar-refractivity contribution < 1.29 is 23.4 Å². The first-order valence-corrected chi connectivity index (χ1v) is 6.69. The second-order valence-electron chi connectivity index (χ2n) is 5.17. The van der Waals surface area contributed by atoms with Crippen molar-refractivity contribution in [3.8, 4) is 0 Å². The molecule has 2 atom stereocenters. The van der Waals surface area contributed by atoms with Gasteiger partial charge < -0.3 is 14.7 Å². The van der Waals surface area contributed by atoms with E-state index in [0.29, 0.717) is 13.2 Å². The van der Waals surface area contributed by atoms with E-state index in [0.717, 1.165) is 25.3 Å². The summed E-state index contributed by atoms with van der Waals surface area (Å²) in [6, 6.07) is 2.52. The molecule has 3 rings (SSSR count). The smallest absolute Gasteiger partial charge is 0.338 e. The SMILES string of the molecule is O=C(O)c1ccc(N2CCOC3CCCC32)c(F)c1F. The number of fused-ring (bicyclic) bond motifs is 1. The molecular formula is C14H15F2NO3. The lowest BCUT2D eigenvalue weighted by atomic mass is 10.1. The van der Waals surface area contributed by atoms with Crippen LogP contribution >= 0.6 is 0 Å². The first-order chi connectivity index (χ1) is 9.59. The van der Waals surface area contributed by atoms with Gasteiger partial charge in [-0.25, -0.2) is 13.6 Å². The highest BCUT2D eigenvalue weighted by atomic mass is 19.2. The molecule has 1 heterocycles. The molecule has 20 heavy (non-hydrogen) atoms. The van der Waals surface area contributed by atoms with Crippen molar-refractivity contribution in [2.24, 2.45) is 0 Å². The van der Waals surface area contributed by atoms with E-state index in [4.69, 9.17) is 9.84 Å². The van der Waals surface area contributed by atoms with Crippen molar-refractivity contribution in [3.63, 3.8) is 0 Å². The van der Waals surface area contributed by atoms with Gasteiger partial charge in [-0.2, -0.15) is 0 Å². The van der Waals surface area contributed by atoms with E-state index < -0.39 is 23.2 Å². The Balaban J connectivity index is 1.97. The maximum atomic E-state index is 14.1. The third-order valence-corrected chi connectivity index (χ3v) is 4.08. The number of morpholine rings is 1. The number of ether oxygens (including phenoxy) is 1. The van der Waals surface area contributed by atoms with Gasteiger partial charge in [0.2, 0.25) is 0 Å². The average Bonchev–Trinajstić information content (AvgIpc) is 2.89. The van der Waals surface area contributed by atoms with Crippen LogP contribution in [-0.2, 0) is 4.74 Å². The molecule has 0 radical (unpaired) electrons. The van der Waals surface area contributed by atoms with E-state index in [1.54, 1.807) is 0 Å². The molecule has 1 saturated carbocycles. The second-order valence-corrected chi connectivity index (χ2v) is 5.17. The molecule has 0 spiro atoms. The molecule has 2 unspecified atom stereocenters. The Labute approximate surface area is 114 Å². The van der Waals surface area contributed by atoms with Gasteiger partial charge in [-0.3, -0.25) is 0 Å². The van der Waals surface area contributed by atoms with E-state index >= 15 is 0 Å². The standard InChI is InChI=1S/C14H15F2NO3/c15-12-8(14(18)19)4-5-10(13(12)16)17-6-7-20-11-3-1-2-9(11)17/h4-5,9,11H,1-3,6-7H2,(H,18,19). The number of halogens is 2. The number of carbonyl (C=O) groups is 1. The minimum absolute atomic E-state index is 0.0494. The number of anilines is 1. The molecule has 2 fully saturated rings. The molecule has 4 nitrogen and oxygen atoms in total. The first-order valence-electron chi connectivity index (χ1n) is 6.69. The third-order valence-electron chi connectivity index (χ3n) is 4.08. The van der Waals surface area contributed by atoms with Crippen LogP contribution in [0.2, 0.25) is 0 Å². The van der Waals surface area contributed by atoms with Crippen molar-refractivity contribution in [1.29, 1.82) is 0 Å². The number of benzene rings is 1. The van der Waals surface area contributed by atoms with Gasteiger partial charge in [-0.15, -0.1) is 0 Å². The van der Waals surface area contributed by atoms with Gasteiger partial charge in [0, 0.05) is 6.54 Å². The number of rotatable bonds is 2. The molecule has 1 N–H and O–H groups in total. The van der Waals surface area contributed by atoms with Crippen LogP contribution in [-0.4, -0.2) is 36.4 Å². The fraction of sp³-hybridized carbons (Fsp3) is 0.500. The van der Waals surface area contributed by atoms with Crippen LogP contribution in [0.1, 0.15) is 29.6 Å². The van der Waals surface area contributed by atoms with E-state index in [1.165, 1.54) is 6.07 Å². The van der Waals surface area contributed by atoms with Crippen LogP contribution in [0.15, 0.2) is 12.1 Å². The number of nitrogens with zero attached hydrogens (tertiary/aromatic N) is 1. The number of carboxylic acids is 1. The quantitative estimate of drug-likeness (QED) is 0.905. The predicted octanol–water partition coefficient (Wildman–Crippen LogP) is 2.42. The van der Waals surface area contributed by atoms with Gasteiger partial charge in [0.1, 0.15) is 0 Å². The van der Waals surface area contributed by atoms with Gasteiger partial charge >= 0.3 is 5.97 Å². The monoisotopic (exact) mass is 283 g/mol. The number of hydrogen-bond donors (Lipinski definition) is 1. The highest BCUT2D eigenvalue weighted by molar-refractivity contribution is 5.88. The minimum atomic E-state index is -1.46. The zero-order valence-electron chi connectivity index (χ0n) is 10.8. The predicted molar refractivity (Wildman–Crippen MR) is 68.0 cm³/mol.